The van der Waals surface area contributed by atoms with Crippen molar-refractivity contribution in [3.63, 3.8) is 0 Å². The molecular formula is C18H24N4OS. The molecule has 3 rings (SSSR count). The third-order valence-corrected chi connectivity index (χ3v) is 5.13. The molecule has 0 radical (unpaired) electrons. The molecule has 0 aliphatic carbocycles. The molecule has 2 aromatic rings. The van der Waals surface area contributed by atoms with E-state index in [4.69, 9.17) is 0 Å². The molecule has 1 aromatic heterocycles. The predicted molar refractivity (Wildman–Crippen MR) is 97.9 cm³/mol. The van der Waals surface area contributed by atoms with Gasteiger partial charge in [0.25, 0.3) is 0 Å². The fourth-order valence-electron chi connectivity index (χ4n) is 3.06. The Morgan fingerprint density at radius 3 is 2.67 bits per heavy atom. The molecule has 1 saturated heterocycles. The Morgan fingerprint density at radius 1 is 1.25 bits per heavy atom. The van der Waals surface area contributed by atoms with Gasteiger partial charge in [-0.2, -0.15) is 16.9 Å². The third kappa shape index (κ3) is 4.39. The summed E-state index contributed by atoms with van der Waals surface area (Å²) in [5.41, 5.74) is 1.06. The molecule has 1 aliphatic rings. The molecule has 0 spiro atoms. The molecule has 24 heavy (non-hydrogen) atoms. The number of carbonyl (C=O) groups excluding carboxylic acids is 1. The Morgan fingerprint density at radius 2 is 2.00 bits per heavy atom. The van der Waals surface area contributed by atoms with E-state index >= 15 is 0 Å². The second-order valence-corrected chi connectivity index (χ2v) is 7.32. The largest absolute Gasteiger partial charge is 0.350 e. The van der Waals surface area contributed by atoms with Gasteiger partial charge in [-0.3, -0.25) is 14.4 Å². The number of carbonyl (C=O) groups is 1. The monoisotopic (exact) mass is 344 g/mol. The van der Waals surface area contributed by atoms with Crippen molar-refractivity contribution in [3.05, 3.63) is 54.4 Å². The van der Waals surface area contributed by atoms with Gasteiger partial charge in [0.05, 0.1) is 6.54 Å². The number of hydrogen-bond acceptors (Lipinski definition) is 4. The van der Waals surface area contributed by atoms with Crippen LogP contribution in [0.15, 0.2) is 48.8 Å². The lowest BCUT2D eigenvalue weighted by molar-refractivity contribution is -0.127. The summed E-state index contributed by atoms with van der Waals surface area (Å²) >= 11 is 1.95. The Balaban J connectivity index is 1.70. The number of thioether (sulfide) groups is 1. The van der Waals surface area contributed by atoms with Gasteiger partial charge in [-0.25, -0.2) is 0 Å². The fourth-order valence-corrected chi connectivity index (χ4v) is 3.99. The van der Waals surface area contributed by atoms with E-state index in [1.54, 1.807) is 6.20 Å². The molecule has 0 bridgehead atoms. The van der Waals surface area contributed by atoms with Crippen molar-refractivity contribution in [1.82, 2.24) is 20.0 Å². The van der Waals surface area contributed by atoms with Gasteiger partial charge < -0.3 is 5.32 Å². The zero-order chi connectivity index (χ0) is 16.8. The second-order valence-electron chi connectivity index (χ2n) is 6.10. The van der Waals surface area contributed by atoms with Crippen molar-refractivity contribution in [2.24, 2.45) is 0 Å². The van der Waals surface area contributed by atoms with Crippen LogP contribution >= 0.6 is 11.8 Å². The fraction of sp³-hybridized carbons (Fsp3) is 0.444. The van der Waals surface area contributed by atoms with Crippen molar-refractivity contribution in [3.8, 4) is 0 Å². The molecule has 128 valence electrons. The van der Waals surface area contributed by atoms with Crippen LogP contribution in [0.4, 0.5) is 0 Å². The number of hydrogen-bond donors (Lipinski definition) is 1. The quantitative estimate of drug-likeness (QED) is 0.873. The van der Waals surface area contributed by atoms with Gasteiger partial charge in [-0.1, -0.05) is 30.3 Å². The van der Waals surface area contributed by atoms with Crippen LogP contribution in [0.1, 0.15) is 18.5 Å². The number of amides is 1. The van der Waals surface area contributed by atoms with Gasteiger partial charge in [0.1, 0.15) is 6.04 Å². The van der Waals surface area contributed by atoms with Crippen LogP contribution in [0.3, 0.4) is 0 Å². The normalized spacial score (nSPS) is 18.0. The van der Waals surface area contributed by atoms with Crippen LogP contribution in [-0.2, 0) is 11.3 Å². The number of aromatic nitrogens is 2. The van der Waals surface area contributed by atoms with Crippen molar-refractivity contribution >= 4 is 17.7 Å². The molecule has 2 heterocycles. The maximum Gasteiger partial charge on any atom is 0.242 e. The standard InChI is InChI=1S/C18H24N4OS/c1-15(14-22-9-5-8-19-22)20-18(23)17(16-6-3-2-4-7-16)21-10-12-24-13-11-21/h2-9,15,17H,10-14H2,1H3,(H,20,23). The average molecular weight is 344 g/mol. The van der Waals surface area contributed by atoms with E-state index in [2.05, 4.69) is 15.3 Å². The van der Waals surface area contributed by atoms with Gasteiger partial charge in [-0.15, -0.1) is 0 Å². The summed E-state index contributed by atoms with van der Waals surface area (Å²) in [5.74, 6) is 2.24. The van der Waals surface area contributed by atoms with E-state index in [1.165, 1.54) is 0 Å². The highest BCUT2D eigenvalue weighted by Crippen LogP contribution is 2.24. The highest BCUT2D eigenvalue weighted by molar-refractivity contribution is 7.99. The maximum atomic E-state index is 13.0. The number of benzene rings is 1. The van der Waals surface area contributed by atoms with Crippen LogP contribution < -0.4 is 5.32 Å². The van der Waals surface area contributed by atoms with Crippen LogP contribution in [0.25, 0.3) is 0 Å². The molecule has 1 amide bonds. The van der Waals surface area contributed by atoms with E-state index in [1.807, 2.05) is 66.0 Å². The van der Waals surface area contributed by atoms with Crippen LogP contribution in [0.5, 0.6) is 0 Å². The van der Waals surface area contributed by atoms with Crippen molar-refractivity contribution in [2.45, 2.75) is 25.6 Å². The molecule has 2 atom stereocenters. The lowest BCUT2D eigenvalue weighted by Crippen LogP contribution is -2.47. The summed E-state index contributed by atoms with van der Waals surface area (Å²) in [7, 11) is 0. The van der Waals surface area contributed by atoms with E-state index in [9.17, 15) is 4.79 Å². The summed E-state index contributed by atoms with van der Waals surface area (Å²) in [5, 5.41) is 7.37. The Kier molecular flexibility index (Phi) is 5.93. The van der Waals surface area contributed by atoms with Gasteiger partial charge >= 0.3 is 0 Å². The highest BCUT2D eigenvalue weighted by Gasteiger charge is 2.29. The Hall–Kier alpha value is -1.79. The molecule has 1 N–H and O–H groups in total. The first kappa shape index (κ1) is 17.0. The number of nitrogens with one attached hydrogen (secondary N) is 1. The number of nitrogens with zero attached hydrogens (tertiary/aromatic N) is 3. The van der Waals surface area contributed by atoms with E-state index in [-0.39, 0.29) is 18.0 Å². The van der Waals surface area contributed by atoms with E-state index < -0.39 is 0 Å². The summed E-state index contributed by atoms with van der Waals surface area (Å²) in [6, 6.07) is 11.8. The average Bonchev–Trinajstić information content (AvgIpc) is 3.10. The molecular weight excluding hydrogens is 320 g/mol. The summed E-state index contributed by atoms with van der Waals surface area (Å²) < 4.78 is 1.85. The maximum absolute atomic E-state index is 13.0. The minimum Gasteiger partial charge on any atom is -0.350 e. The SMILES string of the molecule is CC(Cn1cccn1)NC(=O)C(c1ccccc1)N1CCSCC1. The summed E-state index contributed by atoms with van der Waals surface area (Å²) in [4.78, 5) is 15.3. The molecule has 5 nitrogen and oxygen atoms in total. The van der Waals surface area contributed by atoms with Crippen LogP contribution in [-0.4, -0.2) is 51.2 Å². The zero-order valence-corrected chi connectivity index (χ0v) is 14.8. The third-order valence-electron chi connectivity index (χ3n) is 4.18. The minimum absolute atomic E-state index is 0.0303. The molecule has 1 fully saturated rings. The lowest BCUT2D eigenvalue weighted by Gasteiger charge is -2.34. The van der Waals surface area contributed by atoms with Gasteiger partial charge in [0.2, 0.25) is 5.91 Å². The minimum atomic E-state index is -0.216. The predicted octanol–water partition coefficient (Wildman–Crippen LogP) is 2.18. The van der Waals surface area contributed by atoms with Crippen molar-refractivity contribution in [1.29, 1.82) is 0 Å². The van der Waals surface area contributed by atoms with E-state index in [0.29, 0.717) is 6.54 Å². The van der Waals surface area contributed by atoms with Gasteiger partial charge in [-0.05, 0) is 18.6 Å². The van der Waals surface area contributed by atoms with Gasteiger partial charge in [0, 0.05) is 43.0 Å². The topological polar surface area (TPSA) is 50.2 Å². The zero-order valence-electron chi connectivity index (χ0n) is 14.0. The first-order valence-electron chi connectivity index (χ1n) is 8.38. The Labute approximate surface area is 147 Å². The molecule has 2 unspecified atom stereocenters. The van der Waals surface area contributed by atoms with E-state index in [0.717, 1.165) is 30.2 Å². The van der Waals surface area contributed by atoms with Gasteiger partial charge in [0.15, 0.2) is 0 Å². The smallest absolute Gasteiger partial charge is 0.242 e. The van der Waals surface area contributed by atoms with Crippen molar-refractivity contribution in [2.75, 3.05) is 24.6 Å². The molecule has 0 saturated carbocycles. The first-order chi connectivity index (χ1) is 11.7. The molecule has 6 heteroatoms. The second kappa shape index (κ2) is 8.35. The van der Waals surface area contributed by atoms with Crippen LogP contribution in [0.2, 0.25) is 0 Å². The highest BCUT2D eigenvalue weighted by atomic mass is 32.2. The Bertz CT molecular complexity index is 626. The molecule has 1 aromatic carbocycles. The van der Waals surface area contributed by atoms with Crippen molar-refractivity contribution < 1.29 is 4.79 Å². The first-order valence-corrected chi connectivity index (χ1v) is 9.54. The summed E-state index contributed by atoms with van der Waals surface area (Å²) in [6.07, 6.45) is 3.67. The summed E-state index contributed by atoms with van der Waals surface area (Å²) in [6.45, 7) is 4.60. The number of rotatable bonds is 6. The molecule has 1 aliphatic heterocycles. The van der Waals surface area contributed by atoms with Crippen LogP contribution in [0, 0.1) is 0 Å². The lowest BCUT2D eigenvalue weighted by atomic mass is 10.0.